The fourth-order valence-electron chi connectivity index (χ4n) is 3.15. The Bertz CT molecular complexity index is 783. The van der Waals surface area contributed by atoms with Crippen molar-refractivity contribution in [2.24, 2.45) is 0 Å². The first kappa shape index (κ1) is 18.8. The number of hydrogen-bond acceptors (Lipinski definition) is 4. The molecular formula is C21H24N2O4. The van der Waals surface area contributed by atoms with Crippen LogP contribution in [-0.4, -0.2) is 31.6 Å². The van der Waals surface area contributed by atoms with Crippen LogP contribution in [0.15, 0.2) is 48.5 Å². The summed E-state index contributed by atoms with van der Waals surface area (Å²) in [5, 5.41) is 5.80. The molecule has 0 aromatic heterocycles. The van der Waals surface area contributed by atoms with Gasteiger partial charge in [-0.15, -0.1) is 0 Å². The monoisotopic (exact) mass is 368 g/mol. The highest BCUT2D eigenvalue weighted by atomic mass is 16.5. The molecule has 0 radical (unpaired) electrons. The summed E-state index contributed by atoms with van der Waals surface area (Å²) >= 11 is 0. The highest BCUT2D eigenvalue weighted by molar-refractivity contribution is 6.06. The first-order chi connectivity index (χ1) is 13.2. The van der Waals surface area contributed by atoms with Crippen molar-refractivity contribution in [1.82, 2.24) is 5.32 Å². The minimum Gasteiger partial charge on any atom is -0.496 e. The summed E-state index contributed by atoms with van der Waals surface area (Å²) in [6.07, 6.45) is 4.44. The fraction of sp³-hybridized carbons (Fsp3) is 0.333. The second-order valence-electron chi connectivity index (χ2n) is 6.52. The first-order valence-corrected chi connectivity index (χ1v) is 9.12. The Kier molecular flexibility index (Phi) is 6.30. The molecule has 2 amide bonds. The van der Waals surface area contributed by atoms with E-state index in [1.165, 1.54) is 20.0 Å². The van der Waals surface area contributed by atoms with Gasteiger partial charge in [-0.05, 0) is 49.2 Å². The topological polar surface area (TPSA) is 76.7 Å². The molecule has 6 nitrogen and oxygen atoms in total. The Hall–Kier alpha value is -3.02. The third-order valence-electron chi connectivity index (χ3n) is 4.55. The summed E-state index contributed by atoms with van der Waals surface area (Å²) in [7, 11) is 1.53. The van der Waals surface area contributed by atoms with E-state index in [-0.39, 0.29) is 24.5 Å². The molecule has 6 heteroatoms. The molecule has 2 aromatic rings. The smallest absolute Gasteiger partial charge is 0.259 e. The van der Waals surface area contributed by atoms with Gasteiger partial charge in [-0.25, -0.2) is 0 Å². The van der Waals surface area contributed by atoms with Gasteiger partial charge in [0.15, 0.2) is 6.61 Å². The Morgan fingerprint density at radius 1 is 1.04 bits per heavy atom. The van der Waals surface area contributed by atoms with Gasteiger partial charge < -0.3 is 20.1 Å². The SMILES string of the molecule is COc1ccccc1C(=O)Nc1ccc(OCC(=O)NC2CCCC2)cc1. The average Bonchev–Trinajstić information content (AvgIpc) is 3.20. The molecule has 0 spiro atoms. The Labute approximate surface area is 158 Å². The highest BCUT2D eigenvalue weighted by Crippen LogP contribution is 2.21. The number of carbonyl (C=O) groups is 2. The number of anilines is 1. The van der Waals surface area contributed by atoms with Gasteiger partial charge in [0, 0.05) is 11.7 Å². The molecule has 27 heavy (non-hydrogen) atoms. The third-order valence-corrected chi connectivity index (χ3v) is 4.55. The van der Waals surface area contributed by atoms with E-state index in [1.54, 1.807) is 42.5 Å². The van der Waals surface area contributed by atoms with Crippen LogP contribution in [0.4, 0.5) is 5.69 Å². The van der Waals surface area contributed by atoms with E-state index < -0.39 is 0 Å². The van der Waals surface area contributed by atoms with Gasteiger partial charge >= 0.3 is 0 Å². The van der Waals surface area contributed by atoms with Gasteiger partial charge in [-0.3, -0.25) is 9.59 Å². The fourth-order valence-corrected chi connectivity index (χ4v) is 3.15. The van der Waals surface area contributed by atoms with E-state index in [0.717, 1.165) is 12.8 Å². The number of para-hydroxylation sites is 1. The quantitative estimate of drug-likeness (QED) is 0.785. The zero-order valence-electron chi connectivity index (χ0n) is 15.4. The number of rotatable bonds is 7. The van der Waals surface area contributed by atoms with E-state index in [1.807, 2.05) is 6.07 Å². The summed E-state index contributed by atoms with van der Waals surface area (Å²) in [6, 6.07) is 14.2. The van der Waals surface area contributed by atoms with Crippen LogP contribution in [0.3, 0.4) is 0 Å². The summed E-state index contributed by atoms with van der Waals surface area (Å²) in [4.78, 5) is 24.3. The third kappa shape index (κ3) is 5.23. The lowest BCUT2D eigenvalue weighted by Crippen LogP contribution is -2.36. The van der Waals surface area contributed by atoms with Crippen molar-refractivity contribution in [3.8, 4) is 11.5 Å². The largest absolute Gasteiger partial charge is 0.496 e. The van der Waals surface area contributed by atoms with Gasteiger partial charge in [-0.1, -0.05) is 25.0 Å². The second kappa shape index (κ2) is 9.07. The van der Waals surface area contributed by atoms with Crippen molar-refractivity contribution < 1.29 is 19.1 Å². The molecule has 0 aliphatic heterocycles. The summed E-state index contributed by atoms with van der Waals surface area (Å²) in [5.74, 6) is 0.739. The molecule has 0 atom stereocenters. The number of benzene rings is 2. The first-order valence-electron chi connectivity index (χ1n) is 9.12. The Balaban J connectivity index is 1.51. The molecule has 1 saturated carbocycles. The molecule has 2 aromatic carbocycles. The lowest BCUT2D eigenvalue weighted by molar-refractivity contribution is -0.123. The van der Waals surface area contributed by atoms with Crippen LogP contribution < -0.4 is 20.1 Å². The lowest BCUT2D eigenvalue weighted by Gasteiger charge is -2.13. The van der Waals surface area contributed by atoms with Gasteiger partial charge in [-0.2, -0.15) is 0 Å². The van der Waals surface area contributed by atoms with E-state index in [2.05, 4.69) is 10.6 Å². The van der Waals surface area contributed by atoms with Gasteiger partial charge in [0.05, 0.1) is 12.7 Å². The maximum absolute atomic E-state index is 12.4. The van der Waals surface area contributed by atoms with Gasteiger partial charge in [0.1, 0.15) is 11.5 Å². The summed E-state index contributed by atoms with van der Waals surface area (Å²) in [5.41, 5.74) is 1.09. The van der Waals surface area contributed by atoms with Crippen LogP contribution >= 0.6 is 0 Å². The lowest BCUT2D eigenvalue weighted by atomic mass is 10.2. The number of amides is 2. The standard InChI is InChI=1S/C21H24N2O4/c1-26-19-9-5-4-8-18(19)21(25)23-16-10-12-17(13-11-16)27-14-20(24)22-15-6-2-3-7-15/h4-5,8-13,15H,2-3,6-7,14H2,1H3,(H,22,24)(H,23,25). The normalized spacial score (nSPS) is 13.8. The average molecular weight is 368 g/mol. The van der Waals surface area contributed by atoms with Crippen molar-refractivity contribution in [1.29, 1.82) is 0 Å². The minimum absolute atomic E-state index is 0.0105. The van der Waals surface area contributed by atoms with Crippen LogP contribution in [0.5, 0.6) is 11.5 Å². The van der Waals surface area contributed by atoms with E-state index >= 15 is 0 Å². The Morgan fingerprint density at radius 2 is 1.74 bits per heavy atom. The molecule has 1 aliphatic carbocycles. The van der Waals surface area contributed by atoms with Crippen LogP contribution in [0.25, 0.3) is 0 Å². The van der Waals surface area contributed by atoms with Gasteiger partial charge in [0.2, 0.25) is 0 Å². The van der Waals surface area contributed by atoms with E-state index in [0.29, 0.717) is 22.7 Å². The molecule has 2 N–H and O–H groups in total. The molecule has 0 saturated heterocycles. The van der Waals surface area contributed by atoms with Crippen LogP contribution in [0, 0.1) is 0 Å². The summed E-state index contributed by atoms with van der Waals surface area (Å²) < 4.78 is 10.7. The molecule has 142 valence electrons. The molecule has 3 rings (SSSR count). The molecule has 0 unspecified atom stereocenters. The highest BCUT2D eigenvalue weighted by Gasteiger charge is 2.17. The zero-order chi connectivity index (χ0) is 19.1. The van der Waals surface area contributed by atoms with E-state index in [4.69, 9.17) is 9.47 Å². The van der Waals surface area contributed by atoms with Crippen LogP contribution in [0.1, 0.15) is 36.0 Å². The maximum Gasteiger partial charge on any atom is 0.259 e. The van der Waals surface area contributed by atoms with Crippen molar-refractivity contribution in [3.05, 3.63) is 54.1 Å². The van der Waals surface area contributed by atoms with Crippen LogP contribution in [-0.2, 0) is 4.79 Å². The number of hydrogen-bond donors (Lipinski definition) is 2. The zero-order valence-corrected chi connectivity index (χ0v) is 15.4. The van der Waals surface area contributed by atoms with Gasteiger partial charge in [0.25, 0.3) is 11.8 Å². The van der Waals surface area contributed by atoms with Crippen molar-refractivity contribution >= 4 is 17.5 Å². The Morgan fingerprint density at radius 3 is 2.44 bits per heavy atom. The number of nitrogens with one attached hydrogen (secondary N) is 2. The minimum atomic E-state index is -0.253. The van der Waals surface area contributed by atoms with Crippen LogP contribution in [0.2, 0.25) is 0 Å². The molecular weight excluding hydrogens is 344 g/mol. The predicted octanol–water partition coefficient (Wildman–Crippen LogP) is 3.39. The molecule has 0 heterocycles. The summed E-state index contributed by atoms with van der Waals surface area (Å²) in [6.45, 7) is -0.0105. The van der Waals surface area contributed by atoms with E-state index in [9.17, 15) is 9.59 Å². The van der Waals surface area contributed by atoms with Crippen molar-refractivity contribution in [2.75, 3.05) is 19.0 Å². The number of methoxy groups -OCH3 is 1. The molecule has 0 bridgehead atoms. The predicted molar refractivity (Wildman–Crippen MR) is 103 cm³/mol. The maximum atomic E-state index is 12.4. The number of carbonyl (C=O) groups excluding carboxylic acids is 2. The molecule has 1 aliphatic rings. The molecule has 1 fully saturated rings. The van der Waals surface area contributed by atoms with Crippen molar-refractivity contribution in [2.45, 2.75) is 31.7 Å². The second-order valence-corrected chi connectivity index (χ2v) is 6.52. The van der Waals surface area contributed by atoms with Crippen molar-refractivity contribution in [3.63, 3.8) is 0 Å². The number of ether oxygens (including phenoxy) is 2.